The minimum absolute atomic E-state index is 0. The van der Waals surface area contributed by atoms with E-state index in [1.807, 2.05) is 18.2 Å². The molecule has 1 aromatic heterocycles. The van der Waals surface area contributed by atoms with Crippen molar-refractivity contribution < 1.29 is 0 Å². The summed E-state index contributed by atoms with van der Waals surface area (Å²) in [6.45, 7) is 2.05. The van der Waals surface area contributed by atoms with Gasteiger partial charge in [0.2, 0.25) is 0 Å². The Morgan fingerprint density at radius 2 is 1.88 bits per heavy atom. The van der Waals surface area contributed by atoms with Gasteiger partial charge in [-0.2, -0.15) is 0 Å². The second-order valence-electron chi connectivity index (χ2n) is 4.75. The Balaban J connectivity index is 0.00000288. The first-order valence-corrected chi connectivity index (χ1v) is 7.98. The van der Waals surface area contributed by atoms with E-state index in [-0.39, 0.29) is 24.0 Å². The van der Waals surface area contributed by atoms with Gasteiger partial charge in [0.1, 0.15) is 5.82 Å². The molecule has 5 nitrogen and oxygen atoms in total. The number of hydrogen-bond donors (Lipinski definition) is 3. The Kier molecular flexibility index (Phi) is 9.82. The second-order valence-corrected chi connectivity index (χ2v) is 5.59. The summed E-state index contributed by atoms with van der Waals surface area (Å²) in [5.41, 5.74) is 1.20. The molecule has 0 saturated carbocycles. The average molecular weight is 480 g/mol. The molecule has 1 heterocycles. The number of guanidine groups is 1. The number of anilines is 1. The number of nitrogens with zero attached hydrogens (tertiary/aromatic N) is 2. The van der Waals surface area contributed by atoms with E-state index in [1.165, 1.54) is 5.56 Å². The van der Waals surface area contributed by atoms with Crippen LogP contribution >= 0.6 is 47.2 Å². The molecule has 24 heavy (non-hydrogen) atoms. The Morgan fingerprint density at radius 3 is 2.54 bits per heavy atom. The van der Waals surface area contributed by atoms with E-state index in [1.54, 1.807) is 19.3 Å². The lowest BCUT2D eigenvalue weighted by molar-refractivity contribution is 0.811. The summed E-state index contributed by atoms with van der Waals surface area (Å²) in [7, 11) is 1.74. The van der Waals surface area contributed by atoms with Gasteiger partial charge in [0.05, 0.1) is 10.0 Å². The van der Waals surface area contributed by atoms with Crippen molar-refractivity contribution in [3.63, 3.8) is 0 Å². The van der Waals surface area contributed by atoms with Crippen LogP contribution in [0.2, 0.25) is 10.0 Å². The molecular weight excluding hydrogens is 460 g/mol. The van der Waals surface area contributed by atoms with Gasteiger partial charge in [-0.3, -0.25) is 4.99 Å². The molecule has 130 valence electrons. The molecule has 0 bridgehead atoms. The Bertz CT molecular complexity index is 652. The lowest BCUT2D eigenvalue weighted by Gasteiger charge is -2.13. The normalized spacial score (nSPS) is 10.7. The highest BCUT2D eigenvalue weighted by Gasteiger charge is 2.02. The highest BCUT2D eigenvalue weighted by atomic mass is 127. The minimum Gasteiger partial charge on any atom is -0.367 e. The predicted molar refractivity (Wildman–Crippen MR) is 113 cm³/mol. The summed E-state index contributed by atoms with van der Waals surface area (Å²) in [4.78, 5) is 8.33. The number of halogens is 3. The van der Waals surface area contributed by atoms with Crippen molar-refractivity contribution in [1.29, 1.82) is 0 Å². The smallest absolute Gasteiger partial charge is 0.191 e. The van der Waals surface area contributed by atoms with Gasteiger partial charge in [-0.25, -0.2) is 4.98 Å². The van der Waals surface area contributed by atoms with Crippen molar-refractivity contribution >= 4 is 59.0 Å². The third-order valence-corrected chi connectivity index (χ3v) is 3.54. The highest BCUT2D eigenvalue weighted by molar-refractivity contribution is 14.0. The maximum atomic E-state index is 6.05. The maximum Gasteiger partial charge on any atom is 0.191 e. The van der Waals surface area contributed by atoms with Crippen molar-refractivity contribution in [3.8, 4) is 0 Å². The molecule has 0 spiro atoms. The van der Waals surface area contributed by atoms with Crippen molar-refractivity contribution in [2.24, 2.45) is 4.99 Å². The summed E-state index contributed by atoms with van der Waals surface area (Å²) in [6.07, 6.45) is 1.56. The molecule has 2 rings (SSSR count). The minimum atomic E-state index is 0. The molecular formula is C16H20Cl2IN5. The number of nitrogens with one attached hydrogen (secondary N) is 3. The molecule has 0 atom stereocenters. The van der Waals surface area contributed by atoms with Gasteiger partial charge >= 0.3 is 0 Å². The van der Waals surface area contributed by atoms with Crippen LogP contribution in [0.1, 0.15) is 5.56 Å². The standard InChI is InChI=1S/C16H19Cl2N5.HI/c1-19-16(23-10-12-5-3-2-4-6-12)21-8-7-20-15-14(18)9-13(17)11-22-15;/h2-6,9,11H,7-8,10H2,1H3,(H,20,22)(H2,19,21,23);1H. The van der Waals surface area contributed by atoms with Gasteiger partial charge in [-0.15, -0.1) is 24.0 Å². The van der Waals surface area contributed by atoms with Gasteiger partial charge in [0, 0.05) is 32.9 Å². The summed E-state index contributed by atoms with van der Waals surface area (Å²) in [6, 6.07) is 11.8. The Labute approximate surface area is 169 Å². The first-order valence-electron chi connectivity index (χ1n) is 7.22. The Hall–Kier alpha value is -1.25. The maximum absolute atomic E-state index is 6.05. The summed E-state index contributed by atoms with van der Waals surface area (Å²) in [5.74, 6) is 1.36. The van der Waals surface area contributed by atoms with Crippen LogP contribution in [0.15, 0.2) is 47.6 Å². The molecule has 0 aliphatic carbocycles. The zero-order valence-corrected chi connectivity index (χ0v) is 17.1. The quantitative estimate of drug-likeness (QED) is 0.255. The first kappa shape index (κ1) is 20.8. The molecule has 0 fully saturated rings. The summed E-state index contributed by atoms with van der Waals surface area (Å²) >= 11 is 11.9. The van der Waals surface area contributed by atoms with Crippen molar-refractivity contribution in [2.45, 2.75) is 6.54 Å². The van der Waals surface area contributed by atoms with Crippen LogP contribution in [-0.4, -0.2) is 31.1 Å². The number of benzene rings is 1. The number of rotatable bonds is 6. The molecule has 3 N–H and O–H groups in total. The van der Waals surface area contributed by atoms with E-state index in [4.69, 9.17) is 23.2 Å². The fourth-order valence-electron chi connectivity index (χ4n) is 1.91. The van der Waals surface area contributed by atoms with Crippen LogP contribution in [0, 0.1) is 0 Å². The highest BCUT2D eigenvalue weighted by Crippen LogP contribution is 2.21. The largest absolute Gasteiger partial charge is 0.367 e. The first-order chi connectivity index (χ1) is 11.2. The molecule has 2 aromatic rings. The third-order valence-electron chi connectivity index (χ3n) is 3.04. The zero-order chi connectivity index (χ0) is 16.5. The molecule has 0 aliphatic heterocycles. The average Bonchev–Trinajstić information content (AvgIpc) is 2.57. The SMILES string of the molecule is CN=C(NCCNc1ncc(Cl)cc1Cl)NCc1ccccc1.I. The van der Waals surface area contributed by atoms with Crippen molar-refractivity contribution in [2.75, 3.05) is 25.5 Å². The fraction of sp³-hybridized carbons (Fsp3) is 0.250. The monoisotopic (exact) mass is 479 g/mol. The molecule has 1 aromatic carbocycles. The van der Waals surface area contributed by atoms with Gasteiger partial charge in [0.25, 0.3) is 0 Å². The second kappa shape index (κ2) is 11.3. The van der Waals surface area contributed by atoms with Crippen LogP contribution in [0.4, 0.5) is 5.82 Å². The predicted octanol–water partition coefficient (Wildman–Crippen LogP) is 3.78. The van der Waals surface area contributed by atoms with Crippen LogP contribution in [-0.2, 0) is 6.54 Å². The number of hydrogen-bond acceptors (Lipinski definition) is 3. The van der Waals surface area contributed by atoms with Crippen LogP contribution < -0.4 is 16.0 Å². The molecule has 8 heteroatoms. The molecule has 0 aliphatic rings. The number of pyridine rings is 1. The molecule has 0 saturated heterocycles. The summed E-state index contributed by atoms with van der Waals surface area (Å²) in [5, 5.41) is 10.6. The van der Waals surface area contributed by atoms with Crippen molar-refractivity contribution in [3.05, 3.63) is 58.2 Å². The van der Waals surface area contributed by atoms with Crippen LogP contribution in [0.25, 0.3) is 0 Å². The van der Waals surface area contributed by atoms with Crippen LogP contribution in [0.5, 0.6) is 0 Å². The van der Waals surface area contributed by atoms with E-state index in [2.05, 4.69) is 38.1 Å². The van der Waals surface area contributed by atoms with Gasteiger partial charge in [-0.05, 0) is 11.6 Å². The molecule has 0 unspecified atom stereocenters. The van der Waals surface area contributed by atoms with E-state index >= 15 is 0 Å². The lowest BCUT2D eigenvalue weighted by Crippen LogP contribution is -2.39. The fourth-order valence-corrected chi connectivity index (χ4v) is 2.36. The molecule has 0 amide bonds. The summed E-state index contributed by atoms with van der Waals surface area (Å²) < 4.78 is 0. The van der Waals surface area contributed by atoms with Gasteiger partial charge in [0.15, 0.2) is 5.96 Å². The van der Waals surface area contributed by atoms with Crippen molar-refractivity contribution in [1.82, 2.24) is 15.6 Å². The number of aromatic nitrogens is 1. The van der Waals surface area contributed by atoms with Gasteiger partial charge < -0.3 is 16.0 Å². The van der Waals surface area contributed by atoms with E-state index in [0.717, 1.165) is 12.5 Å². The number of aliphatic imine (C=N–C) groups is 1. The molecule has 0 radical (unpaired) electrons. The third kappa shape index (κ3) is 7.11. The van der Waals surface area contributed by atoms with E-state index in [0.29, 0.717) is 29.0 Å². The van der Waals surface area contributed by atoms with E-state index < -0.39 is 0 Å². The lowest BCUT2D eigenvalue weighted by atomic mass is 10.2. The van der Waals surface area contributed by atoms with E-state index in [9.17, 15) is 0 Å². The Morgan fingerprint density at radius 1 is 1.12 bits per heavy atom. The topological polar surface area (TPSA) is 61.3 Å². The van der Waals surface area contributed by atoms with Gasteiger partial charge in [-0.1, -0.05) is 53.5 Å². The zero-order valence-electron chi connectivity index (χ0n) is 13.2. The van der Waals surface area contributed by atoms with Crippen LogP contribution in [0.3, 0.4) is 0 Å².